The van der Waals surface area contributed by atoms with Crippen molar-refractivity contribution in [1.82, 2.24) is 0 Å². The van der Waals surface area contributed by atoms with Crippen molar-refractivity contribution >= 4 is 0 Å². The number of hydrogen-bond acceptors (Lipinski definition) is 1. The van der Waals surface area contributed by atoms with Gasteiger partial charge in [-0.05, 0) is 24.8 Å². The Morgan fingerprint density at radius 2 is 2.09 bits per heavy atom. The molecule has 0 saturated heterocycles. The Morgan fingerprint density at radius 3 is 2.55 bits per heavy atom. The summed E-state index contributed by atoms with van der Waals surface area (Å²) < 4.78 is 0. The second-order valence-electron chi connectivity index (χ2n) is 3.14. The standard InChI is InChI=1S/C10H19N/c1-4-5-6-10(11)8-7-9(2)3/h5-6,8-9H,4,7,11H2,1-3H3/b6-5-,10-8+. The third-order valence-corrected chi connectivity index (χ3v) is 1.37. The maximum absolute atomic E-state index is 5.68. The van der Waals surface area contributed by atoms with Crippen LogP contribution in [0.1, 0.15) is 33.6 Å². The van der Waals surface area contributed by atoms with Gasteiger partial charge >= 0.3 is 0 Å². The molecule has 0 rings (SSSR count). The molecule has 0 aliphatic rings. The van der Waals surface area contributed by atoms with Crippen molar-refractivity contribution in [2.24, 2.45) is 11.7 Å². The molecule has 0 bridgehead atoms. The summed E-state index contributed by atoms with van der Waals surface area (Å²) in [5.74, 6) is 0.698. The van der Waals surface area contributed by atoms with Gasteiger partial charge in [-0.2, -0.15) is 0 Å². The number of rotatable bonds is 4. The van der Waals surface area contributed by atoms with Gasteiger partial charge < -0.3 is 5.73 Å². The van der Waals surface area contributed by atoms with Crippen LogP contribution in [0.5, 0.6) is 0 Å². The Labute approximate surface area is 70.0 Å². The molecule has 1 nitrogen and oxygen atoms in total. The molecule has 0 unspecified atom stereocenters. The van der Waals surface area contributed by atoms with Gasteiger partial charge in [-0.25, -0.2) is 0 Å². The molecule has 0 aromatic heterocycles. The summed E-state index contributed by atoms with van der Waals surface area (Å²) >= 11 is 0. The second kappa shape index (κ2) is 6.02. The Bertz CT molecular complexity index is 143. The first-order valence-corrected chi connectivity index (χ1v) is 4.29. The van der Waals surface area contributed by atoms with Crippen LogP contribution < -0.4 is 5.73 Å². The highest BCUT2D eigenvalue weighted by Crippen LogP contribution is 2.02. The van der Waals surface area contributed by atoms with Crippen molar-refractivity contribution < 1.29 is 0 Å². The SMILES string of the molecule is CC/C=C\C(N)=C/CC(C)C. The summed E-state index contributed by atoms with van der Waals surface area (Å²) in [6.07, 6.45) is 8.25. The molecule has 0 heterocycles. The second-order valence-corrected chi connectivity index (χ2v) is 3.14. The molecule has 0 spiro atoms. The zero-order chi connectivity index (χ0) is 8.69. The molecule has 0 saturated carbocycles. The van der Waals surface area contributed by atoms with E-state index in [2.05, 4.69) is 32.9 Å². The van der Waals surface area contributed by atoms with Gasteiger partial charge in [-0.1, -0.05) is 32.9 Å². The number of nitrogens with two attached hydrogens (primary N) is 1. The molecule has 64 valence electrons. The first-order valence-electron chi connectivity index (χ1n) is 4.29. The number of hydrogen-bond donors (Lipinski definition) is 1. The molecular weight excluding hydrogens is 134 g/mol. The molecule has 0 radical (unpaired) electrons. The third kappa shape index (κ3) is 7.17. The molecule has 0 amide bonds. The van der Waals surface area contributed by atoms with Crippen molar-refractivity contribution in [3.8, 4) is 0 Å². The van der Waals surface area contributed by atoms with Crippen LogP contribution in [-0.2, 0) is 0 Å². The van der Waals surface area contributed by atoms with E-state index in [4.69, 9.17) is 5.73 Å². The Hall–Kier alpha value is -0.720. The fourth-order valence-electron chi connectivity index (χ4n) is 0.694. The quantitative estimate of drug-likeness (QED) is 0.617. The van der Waals surface area contributed by atoms with Crippen molar-refractivity contribution in [3.05, 3.63) is 23.9 Å². The molecule has 0 atom stereocenters. The summed E-state index contributed by atoms with van der Waals surface area (Å²) in [5, 5.41) is 0. The molecule has 0 aromatic carbocycles. The Kier molecular flexibility index (Phi) is 5.63. The third-order valence-electron chi connectivity index (χ3n) is 1.37. The maximum Gasteiger partial charge on any atom is 0.0270 e. The predicted molar refractivity (Wildman–Crippen MR) is 51.2 cm³/mol. The molecule has 0 aliphatic heterocycles. The van der Waals surface area contributed by atoms with Gasteiger partial charge in [-0.3, -0.25) is 0 Å². The summed E-state index contributed by atoms with van der Waals surface area (Å²) in [5.41, 5.74) is 6.57. The topological polar surface area (TPSA) is 26.0 Å². The van der Waals surface area contributed by atoms with Gasteiger partial charge in [0.15, 0.2) is 0 Å². The van der Waals surface area contributed by atoms with Crippen LogP contribution >= 0.6 is 0 Å². The maximum atomic E-state index is 5.68. The first-order chi connectivity index (χ1) is 5.16. The highest BCUT2D eigenvalue weighted by Gasteiger charge is 1.88. The lowest BCUT2D eigenvalue weighted by molar-refractivity contribution is 0.661. The van der Waals surface area contributed by atoms with E-state index in [1.54, 1.807) is 0 Å². The summed E-state index contributed by atoms with van der Waals surface area (Å²) in [6, 6.07) is 0. The van der Waals surface area contributed by atoms with Gasteiger partial charge in [0.2, 0.25) is 0 Å². The van der Waals surface area contributed by atoms with Gasteiger partial charge in [0.05, 0.1) is 0 Å². The summed E-state index contributed by atoms with van der Waals surface area (Å²) in [6.45, 7) is 6.48. The normalized spacial score (nSPS) is 13.3. The van der Waals surface area contributed by atoms with E-state index in [-0.39, 0.29) is 0 Å². The van der Waals surface area contributed by atoms with Crippen LogP contribution in [0.2, 0.25) is 0 Å². The molecule has 1 heteroatoms. The number of allylic oxidation sites excluding steroid dienone is 3. The smallest absolute Gasteiger partial charge is 0.0270 e. The highest BCUT2D eigenvalue weighted by atomic mass is 14.5. The molecule has 11 heavy (non-hydrogen) atoms. The van der Waals surface area contributed by atoms with Gasteiger partial charge in [-0.15, -0.1) is 0 Å². The van der Waals surface area contributed by atoms with E-state index in [1.807, 2.05) is 6.08 Å². The van der Waals surface area contributed by atoms with Gasteiger partial charge in [0, 0.05) is 5.70 Å². The monoisotopic (exact) mass is 153 g/mol. The van der Waals surface area contributed by atoms with Crippen molar-refractivity contribution in [2.75, 3.05) is 0 Å². The van der Waals surface area contributed by atoms with Crippen molar-refractivity contribution in [2.45, 2.75) is 33.6 Å². The van der Waals surface area contributed by atoms with E-state index in [1.165, 1.54) is 0 Å². The van der Waals surface area contributed by atoms with Crippen molar-refractivity contribution in [1.29, 1.82) is 0 Å². The molecule has 2 N–H and O–H groups in total. The van der Waals surface area contributed by atoms with E-state index >= 15 is 0 Å². The fraction of sp³-hybridized carbons (Fsp3) is 0.600. The lowest BCUT2D eigenvalue weighted by Gasteiger charge is -1.98. The van der Waals surface area contributed by atoms with Crippen LogP contribution in [0.4, 0.5) is 0 Å². The van der Waals surface area contributed by atoms with Crippen LogP contribution in [0.25, 0.3) is 0 Å². The van der Waals surface area contributed by atoms with Crippen molar-refractivity contribution in [3.63, 3.8) is 0 Å². The van der Waals surface area contributed by atoms with E-state index in [9.17, 15) is 0 Å². The van der Waals surface area contributed by atoms with Gasteiger partial charge in [0.25, 0.3) is 0 Å². The Morgan fingerprint density at radius 1 is 1.45 bits per heavy atom. The lowest BCUT2D eigenvalue weighted by atomic mass is 10.1. The fourth-order valence-corrected chi connectivity index (χ4v) is 0.694. The largest absolute Gasteiger partial charge is 0.399 e. The Balaban J connectivity index is 3.71. The summed E-state index contributed by atoms with van der Waals surface area (Å²) in [4.78, 5) is 0. The first kappa shape index (κ1) is 10.3. The minimum atomic E-state index is 0.698. The zero-order valence-corrected chi connectivity index (χ0v) is 7.80. The summed E-state index contributed by atoms with van der Waals surface area (Å²) in [7, 11) is 0. The van der Waals surface area contributed by atoms with Crippen LogP contribution in [-0.4, -0.2) is 0 Å². The van der Waals surface area contributed by atoms with Gasteiger partial charge in [0.1, 0.15) is 0 Å². The average molecular weight is 153 g/mol. The highest BCUT2D eigenvalue weighted by molar-refractivity contribution is 5.14. The van der Waals surface area contributed by atoms with E-state index in [0.29, 0.717) is 5.92 Å². The van der Waals surface area contributed by atoms with E-state index < -0.39 is 0 Å². The predicted octanol–water partition coefficient (Wildman–Crippen LogP) is 2.84. The minimum absolute atomic E-state index is 0.698. The molecule has 0 aromatic rings. The average Bonchev–Trinajstić information content (AvgIpc) is 1.97. The lowest BCUT2D eigenvalue weighted by Crippen LogP contribution is -1.94. The van der Waals surface area contributed by atoms with Crippen LogP contribution in [0.15, 0.2) is 23.9 Å². The minimum Gasteiger partial charge on any atom is -0.399 e. The molecule has 0 fully saturated rings. The molecule has 0 aliphatic carbocycles. The van der Waals surface area contributed by atoms with E-state index in [0.717, 1.165) is 18.5 Å². The molecular formula is C10H19N. The zero-order valence-electron chi connectivity index (χ0n) is 7.80. The van der Waals surface area contributed by atoms with Crippen LogP contribution in [0, 0.1) is 5.92 Å². The van der Waals surface area contributed by atoms with Crippen LogP contribution in [0.3, 0.4) is 0 Å².